The molecule has 122 valence electrons. The molecule has 0 bridgehead atoms. The van der Waals surface area contributed by atoms with E-state index in [2.05, 4.69) is 15.2 Å². The minimum atomic E-state index is -0.0926. The Hall–Kier alpha value is -2.14. The van der Waals surface area contributed by atoms with E-state index >= 15 is 0 Å². The zero-order valence-corrected chi connectivity index (χ0v) is 13.7. The summed E-state index contributed by atoms with van der Waals surface area (Å²) >= 11 is 0. The molecule has 2 aromatic heterocycles. The van der Waals surface area contributed by atoms with Gasteiger partial charge in [0.1, 0.15) is 11.5 Å². The highest BCUT2D eigenvalue weighted by molar-refractivity contribution is 5.93. The molecule has 0 unspecified atom stereocenters. The van der Waals surface area contributed by atoms with Crippen molar-refractivity contribution in [3.05, 3.63) is 53.2 Å². The SMILES string of the molecule is Cc1ccc(C(=O)NC[C@@H](c2ccc(C)o2)N2CCCC2)cn1. The van der Waals surface area contributed by atoms with E-state index in [9.17, 15) is 4.79 Å². The molecule has 0 saturated carbocycles. The van der Waals surface area contributed by atoms with Gasteiger partial charge < -0.3 is 9.73 Å². The summed E-state index contributed by atoms with van der Waals surface area (Å²) in [6.45, 7) is 6.49. The molecule has 1 amide bonds. The summed E-state index contributed by atoms with van der Waals surface area (Å²) in [6, 6.07) is 7.73. The van der Waals surface area contributed by atoms with E-state index < -0.39 is 0 Å². The lowest BCUT2D eigenvalue weighted by Gasteiger charge is -2.26. The maximum Gasteiger partial charge on any atom is 0.252 e. The first-order chi connectivity index (χ1) is 11.1. The van der Waals surface area contributed by atoms with E-state index in [1.54, 1.807) is 12.3 Å². The number of furan rings is 1. The Labute approximate surface area is 136 Å². The average Bonchev–Trinajstić information content (AvgIpc) is 3.20. The van der Waals surface area contributed by atoms with Gasteiger partial charge in [0.05, 0.1) is 11.6 Å². The normalized spacial score (nSPS) is 16.4. The summed E-state index contributed by atoms with van der Waals surface area (Å²) < 4.78 is 5.81. The summed E-state index contributed by atoms with van der Waals surface area (Å²) in [5.74, 6) is 1.73. The van der Waals surface area contributed by atoms with Crippen LogP contribution in [0, 0.1) is 13.8 Å². The van der Waals surface area contributed by atoms with Crippen LogP contribution in [0.25, 0.3) is 0 Å². The maximum atomic E-state index is 12.3. The van der Waals surface area contributed by atoms with Crippen molar-refractivity contribution in [2.24, 2.45) is 0 Å². The van der Waals surface area contributed by atoms with E-state index in [4.69, 9.17) is 4.42 Å². The topological polar surface area (TPSA) is 58.4 Å². The van der Waals surface area contributed by atoms with E-state index in [1.807, 2.05) is 32.0 Å². The molecule has 1 aliphatic rings. The number of aryl methyl sites for hydroxylation is 2. The third kappa shape index (κ3) is 3.79. The Balaban J connectivity index is 1.68. The third-order valence-corrected chi connectivity index (χ3v) is 4.30. The van der Waals surface area contributed by atoms with Gasteiger partial charge in [-0.15, -0.1) is 0 Å². The first kappa shape index (κ1) is 15.7. The molecule has 1 fully saturated rings. The molecule has 0 radical (unpaired) electrons. The minimum absolute atomic E-state index is 0.0913. The molecular formula is C18H23N3O2. The van der Waals surface area contributed by atoms with Crippen LogP contribution < -0.4 is 5.32 Å². The second kappa shape index (κ2) is 6.96. The number of nitrogens with one attached hydrogen (secondary N) is 1. The first-order valence-corrected chi connectivity index (χ1v) is 8.15. The molecule has 0 aliphatic carbocycles. The van der Waals surface area contributed by atoms with Gasteiger partial charge in [-0.2, -0.15) is 0 Å². The standard InChI is InChI=1S/C18H23N3O2/c1-13-5-7-15(11-19-13)18(22)20-12-16(21-9-3-4-10-21)17-8-6-14(2)23-17/h5-8,11,16H,3-4,9-10,12H2,1-2H3,(H,20,22)/t16-/m0/s1. The molecule has 0 aromatic carbocycles. The van der Waals surface area contributed by atoms with Crippen LogP contribution in [0.4, 0.5) is 0 Å². The number of amides is 1. The molecule has 5 heteroatoms. The van der Waals surface area contributed by atoms with Crippen LogP contribution in [0.3, 0.4) is 0 Å². The Kier molecular flexibility index (Phi) is 4.76. The highest BCUT2D eigenvalue weighted by atomic mass is 16.3. The van der Waals surface area contributed by atoms with Crippen LogP contribution in [-0.4, -0.2) is 35.4 Å². The van der Waals surface area contributed by atoms with Gasteiger partial charge in [-0.05, 0) is 64.0 Å². The summed E-state index contributed by atoms with van der Waals surface area (Å²) in [4.78, 5) is 18.9. The number of likely N-dealkylation sites (tertiary alicyclic amines) is 1. The van der Waals surface area contributed by atoms with Gasteiger partial charge in [0.15, 0.2) is 0 Å². The largest absolute Gasteiger partial charge is 0.465 e. The van der Waals surface area contributed by atoms with Crippen LogP contribution in [0.15, 0.2) is 34.9 Å². The second-order valence-corrected chi connectivity index (χ2v) is 6.11. The zero-order valence-electron chi connectivity index (χ0n) is 13.7. The molecule has 1 aliphatic heterocycles. The fourth-order valence-electron chi connectivity index (χ4n) is 2.99. The zero-order chi connectivity index (χ0) is 16.2. The molecular weight excluding hydrogens is 290 g/mol. The molecule has 5 nitrogen and oxygen atoms in total. The lowest BCUT2D eigenvalue weighted by Crippen LogP contribution is -2.36. The third-order valence-electron chi connectivity index (χ3n) is 4.30. The van der Waals surface area contributed by atoms with Gasteiger partial charge in [0.25, 0.3) is 5.91 Å². The predicted octanol–water partition coefficient (Wildman–Crippen LogP) is 2.86. The van der Waals surface area contributed by atoms with Crippen LogP contribution in [0.1, 0.15) is 46.5 Å². The van der Waals surface area contributed by atoms with E-state index in [0.717, 1.165) is 30.3 Å². The second-order valence-electron chi connectivity index (χ2n) is 6.11. The number of carbonyl (C=O) groups is 1. The molecule has 3 heterocycles. The van der Waals surface area contributed by atoms with Crippen LogP contribution in [0.2, 0.25) is 0 Å². The number of aromatic nitrogens is 1. The van der Waals surface area contributed by atoms with E-state index in [0.29, 0.717) is 12.1 Å². The number of rotatable bonds is 5. The Morgan fingerprint density at radius 2 is 2.04 bits per heavy atom. The van der Waals surface area contributed by atoms with Crippen LogP contribution in [0.5, 0.6) is 0 Å². The van der Waals surface area contributed by atoms with E-state index in [-0.39, 0.29) is 11.9 Å². The minimum Gasteiger partial charge on any atom is -0.465 e. The fourth-order valence-corrected chi connectivity index (χ4v) is 2.99. The quantitative estimate of drug-likeness (QED) is 0.922. The molecule has 1 atom stereocenters. The smallest absolute Gasteiger partial charge is 0.252 e. The number of carbonyl (C=O) groups excluding carboxylic acids is 1. The monoisotopic (exact) mass is 313 g/mol. The first-order valence-electron chi connectivity index (χ1n) is 8.15. The van der Waals surface area contributed by atoms with Crippen molar-refractivity contribution in [1.82, 2.24) is 15.2 Å². The van der Waals surface area contributed by atoms with Crippen LogP contribution >= 0.6 is 0 Å². The lowest BCUT2D eigenvalue weighted by atomic mass is 10.2. The molecule has 1 N–H and O–H groups in total. The van der Waals surface area contributed by atoms with E-state index in [1.165, 1.54) is 12.8 Å². The van der Waals surface area contributed by atoms with Gasteiger partial charge in [-0.3, -0.25) is 14.7 Å². The van der Waals surface area contributed by atoms with Crippen molar-refractivity contribution in [2.45, 2.75) is 32.7 Å². The fraction of sp³-hybridized carbons (Fsp3) is 0.444. The van der Waals surface area contributed by atoms with Gasteiger partial charge in [-0.25, -0.2) is 0 Å². The molecule has 2 aromatic rings. The van der Waals surface area contributed by atoms with Crippen molar-refractivity contribution >= 4 is 5.91 Å². The number of hydrogen-bond acceptors (Lipinski definition) is 4. The Morgan fingerprint density at radius 1 is 1.26 bits per heavy atom. The summed E-state index contributed by atoms with van der Waals surface area (Å²) in [7, 11) is 0. The molecule has 23 heavy (non-hydrogen) atoms. The molecule has 0 spiro atoms. The van der Waals surface area contributed by atoms with Crippen molar-refractivity contribution < 1.29 is 9.21 Å². The van der Waals surface area contributed by atoms with Crippen molar-refractivity contribution in [1.29, 1.82) is 0 Å². The van der Waals surface area contributed by atoms with Gasteiger partial charge in [0, 0.05) is 18.4 Å². The van der Waals surface area contributed by atoms with Crippen molar-refractivity contribution in [3.63, 3.8) is 0 Å². The predicted molar refractivity (Wildman–Crippen MR) is 88.3 cm³/mol. The van der Waals surface area contributed by atoms with Crippen LogP contribution in [-0.2, 0) is 0 Å². The van der Waals surface area contributed by atoms with Crippen molar-refractivity contribution in [2.75, 3.05) is 19.6 Å². The Morgan fingerprint density at radius 3 is 2.65 bits per heavy atom. The average molecular weight is 313 g/mol. The number of hydrogen-bond donors (Lipinski definition) is 1. The number of nitrogens with zero attached hydrogens (tertiary/aromatic N) is 2. The Bertz CT molecular complexity index is 657. The lowest BCUT2D eigenvalue weighted by molar-refractivity contribution is 0.0933. The van der Waals surface area contributed by atoms with Crippen molar-refractivity contribution in [3.8, 4) is 0 Å². The van der Waals surface area contributed by atoms with Gasteiger partial charge in [-0.1, -0.05) is 0 Å². The highest BCUT2D eigenvalue weighted by Crippen LogP contribution is 2.26. The maximum absolute atomic E-state index is 12.3. The highest BCUT2D eigenvalue weighted by Gasteiger charge is 2.26. The number of pyridine rings is 1. The van der Waals surface area contributed by atoms with Gasteiger partial charge in [0.2, 0.25) is 0 Å². The summed E-state index contributed by atoms with van der Waals surface area (Å²) in [5, 5.41) is 3.02. The molecule has 3 rings (SSSR count). The van der Waals surface area contributed by atoms with Gasteiger partial charge >= 0.3 is 0 Å². The summed E-state index contributed by atoms with van der Waals surface area (Å²) in [5.41, 5.74) is 1.49. The summed E-state index contributed by atoms with van der Waals surface area (Å²) in [6.07, 6.45) is 4.02. The molecule has 1 saturated heterocycles.